The first kappa shape index (κ1) is 11.9. The molecule has 0 spiro atoms. The minimum atomic E-state index is 0.515. The van der Waals surface area contributed by atoms with E-state index in [-0.39, 0.29) is 0 Å². The molecule has 3 aromatic rings. The van der Waals surface area contributed by atoms with Crippen molar-refractivity contribution >= 4 is 38.3 Å². The van der Waals surface area contributed by atoms with Crippen molar-refractivity contribution in [3.8, 4) is 11.4 Å². The molecule has 2 N–H and O–H groups in total. The molecule has 0 aliphatic carbocycles. The molecule has 0 bridgehead atoms. The number of thiophene rings is 1. The van der Waals surface area contributed by atoms with E-state index in [0.29, 0.717) is 6.54 Å². The lowest BCUT2D eigenvalue weighted by Crippen LogP contribution is -1.97. The summed E-state index contributed by atoms with van der Waals surface area (Å²) in [7, 11) is 2.04. The van der Waals surface area contributed by atoms with Gasteiger partial charge >= 0.3 is 0 Å². The van der Waals surface area contributed by atoms with E-state index < -0.39 is 0 Å². The molecule has 0 amide bonds. The van der Waals surface area contributed by atoms with Gasteiger partial charge in [0, 0.05) is 24.5 Å². The molecule has 0 saturated heterocycles. The molecule has 0 aliphatic rings. The average molecular weight is 322 g/mol. The lowest BCUT2D eigenvalue weighted by molar-refractivity contribution is 0.960. The van der Waals surface area contributed by atoms with E-state index in [1.165, 1.54) is 0 Å². The molecule has 0 unspecified atom stereocenters. The third kappa shape index (κ3) is 1.79. The van der Waals surface area contributed by atoms with Gasteiger partial charge in [-0.05, 0) is 33.6 Å². The zero-order valence-corrected chi connectivity index (χ0v) is 12.3. The van der Waals surface area contributed by atoms with Crippen molar-refractivity contribution in [3.63, 3.8) is 0 Å². The normalized spacial score (nSPS) is 11.3. The van der Waals surface area contributed by atoms with Crippen LogP contribution in [0.25, 0.3) is 22.4 Å². The zero-order chi connectivity index (χ0) is 12.7. The number of aryl methyl sites for hydroxylation is 1. The number of nitrogens with two attached hydrogens (primary N) is 1. The summed E-state index contributed by atoms with van der Waals surface area (Å²) < 4.78 is 3.23. The van der Waals surface area contributed by atoms with E-state index in [2.05, 4.69) is 38.0 Å². The number of hydrogen-bond acceptors (Lipinski definition) is 3. The number of nitrogens with zero attached hydrogens (tertiary/aromatic N) is 2. The standard InChI is InChI=1S/C13H12BrN3S/c1-17-10-4-2-3-8(6-15)12(10)16-13(17)9-5-11(14)18-7-9/h2-5,7H,6,15H2,1H3. The molecule has 0 saturated carbocycles. The highest BCUT2D eigenvalue weighted by Gasteiger charge is 2.12. The minimum Gasteiger partial charge on any atom is -0.327 e. The van der Waals surface area contributed by atoms with Gasteiger partial charge in [0.2, 0.25) is 0 Å². The fourth-order valence-electron chi connectivity index (χ4n) is 2.12. The molecule has 0 aliphatic heterocycles. The van der Waals surface area contributed by atoms with Crippen molar-refractivity contribution < 1.29 is 0 Å². The van der Waals surface area contributed by atoms with Crippen LogP contribution in [0.5, 0.6) is 0 Å². The largest absolute Gasteiger partial charge is 0.327 e. The second kappa shape index (κ2) is 4.50. The topological polar surface area (TPSA) is 43.8 Å². The zero-order valence-electron chi connectivity index (χ0n) is 9.85. The van der Waals surface area contributed by atoms with Crippen molar-refractivity contribution in [2.24, 2.45) is 12.8 Å². The number of imidazole rings is 1. The summed E-state index contributed by atoms with van der Waals surface area (Å²) in [6, 6.07) is 8.22. The highest BCUT2D eigenvalue weighted by Crippen LogP contribution is 2.31. The lowest BCUT2D eigenvalue weighted by Gasteiger charge is -2.00. The van der Waals surface area contributed by atoms with Crippen LogP contribution in [0.2, 0.25) is 0 Å². The second-order valence-electron chi connectivity index (χ2n) is 4.12. The van der Waals surface area contributed by atoms with Crippen LogP contribution < -0.4 is 5.73 Å². The Hall–Kier alpha value is -1.17. The average Bonchev–Trinajstić information content (AvgIpc) is 2.94. The van der Waals surface area contributed by atoms with Gasteiger partial charge in [-0.1, -0.05) is 12.1 Å². The molecule has 0 fully saturated rings. The smallest absolute Gasteiger partial charge is 0.141 e. The summed E-state index contributed by atoms with van der Waals surface area (Å²) in [4.78, 5) is 4.74. The maximum Gasteiger partial charge on any atom is 0.141 e. The van der Waals surface area contributed by atoms with Crippen LogP contribution in [-0.4, -0.2) is 9.55 Å². The Morgan fingerprint density at radius 3 is 2.94 bits per heavy atom. The highest BCUT2D eigenvalue weighted by atomic mass is 79.9. The van der Waals surface area contributed by atoms with E-state index >= 15 is 0 Å². The van der Waals surface area contributed by atoms with E-state index in [4.69, 9.17) is 10.7 Å². The third-order valence-corrected chi connectivity index (χ3v) is 4.55. The molecular formula is C13H12BrN3S. The van der Waals surface area contributed by atoms with Gasteiger partial charge in [0.25, 0.3) is 0 Å². The van der Waals surface area contributed by atoms with Gasteiger partial charge in [0.05, 0.1) is 14.8 Å². The first-order chi connectivity index (χ1) is 8.70. The molecule has 3 nitrogen and oxygen atoms in total. The molecule has 18 heavy (non-hydrogen) atoms. The van der Waals surface area contributed by atoms with Gasteiger partial charge in [-0.15, -0.1) is 11.3 Å². The van der Waals surface area contributed by atoms with Crippen LogP contribution in [0.15, 0.2) is 33.4 Å². The van der Waals surface area contributed by atoms with E-state index in [9.17, 15) is 0 Å². The summed E-state index contributed by atoms with van der Waals surface area (Å²) in [6.07, 6.45) is 0. The number of rotatable bonds is 2. The summed E-state index contributed by atoms with van der Waals surface area (Å²) >= 11 is 5.15. The Bertz CT molecular complexity index is 714. The van der Waals surface area contributed by atoms with Crippen molar-refractivity contribution in [1.29, 1.82) is 0 Å². The van der Waals surface area contributed by atoms with E-state index in [0.717, 1.165) is 31.8 Å². The minimum absolute atomic E-state index is 0.515. The monoisotopic (exact) mass is 321 g/mol. The van der Waals surface area contributed by atoms with Crippen molar-refractivity contribution in [3.05, 3.63) is 39.0 Å². The van der Waals surface area contributed by atoms with Crippen molar-refractivity contribution in [1.82, 2.24) is 9.55 Å². The third-order valence-electron chi connectivity index (χ3n) is 3.04. The summed E-state index contributed by atoms with van der Waals surface area (Å²) in [5.41, 5.74) is 10.1. The van der Waals surface area contributed by atoms with E-state index in [1.807, 2.05) is 19.2 Å². The summed E-state index contributed by atoms with van der Waals surface area (Å²) in [5, 5.41) is 2.10. The molecule has 2 aromatic heterocycles. The molecule has 0 atom stereocenters. The highest BCUT2D eigenvalue weighted by molar-refractivity contribution is 9.11. The fourth-order valence-corrected chi connectivity index (χ4v) is 3.26. The van der Waals surface area contributed by atoms with Crippen molar-refractivity contribution in [2.75, 3.05) is 0 Å². The number of benzene rings is 1. The number of fused-ring (bicyclic) bond motifs is 1. The molecule has 3 rings (SSSR count). The molecule has 0 radical (unpaired) electrons. The van der Waals surface area contributed by atoms with E-state index in [1.54, 1.807) is 11.3 Å². The van der Waals surface area contributed by atoms with Gasteiger partial charge in [-0.3, -0.25) is 0 Å². The quantitative estimate of drug-likeness (QED) is 0.784. The first-order valence-corrected chi connectivity index (χ1v) is 7.26. The number of halogens is 1. The van der Waals surface area contributed by atoms with Gasteiger partial charge in [-0.2, -0.15) is 0 Å². The predicted octanol–water partition coefficient (Wildman–Crippen LogP) is 3.52. The van der Waals surface area contributed by atoms with Crippen molar-refractivity contribution in [2.45, 2.75) is 6.54 Å². The summed E-state index contributed by atoms with van der Waals surface area (Å²) in [6.45, 7) is 0.515. The lowest BCUT2D eigenvalue weighted by atomic mass is 10.2. The van der Waals surface area contributed by atoms with Crippen LogP contribution in [0, 0.1) is 0 Å². The SMILES string of the molecule is Cn1c(-c2csc(Br)c2)nc2c(CN)cccc21. The van der Waals surface area contributed by atoms with Gasteiger partial charge in [0.1, 0.15) is 5.82 Å². The maximum atomic E-state index is 5.76. The number of hydrogen-bond donors (Lipinski definition) is 1. The molecular weight excluding hydrogens is 310 g/mol. The van der Waals surface area contributed by atoms with Crippen LogP contribution in [0.4, 0.5) is 0 Å². The Kier molecular flexibility index (Phi) is 2.97. The van der Waals surface area contributed by atoms with Gasteiger partial charge in [0.15, 0.2) is 0 Å². The van der Waals surface area contributed by atoms with Crippen LogP contribution in [0.1, 0.15) is 5.56 Å². The Balaban J connectivity index is 2.28. The maximum absolute atomic E-state index is 5.76. The Labute approximate surface area is 117 Å². The number of para-hydroxylation sites is 1. The second-order valence-corrected chi connectivity index (χ2v) is 6.41. The molecule has 5 heteroatoms. The Morgan fingerprint density at radius 1 is 1.44 bits per heavy atom. The molecule has 92 valence electrons. The van der Waals surface area contributed by atoms with Gasteiger partial charge < -0.3 is 10.3 Å². The predicted molar refractivity (Wildman–Crippen MR) is 79.6 cm³/mol. The fraction of sp³-hybridized carbons (Fsp3) is 0.154. The first-order valence-electron chi connectivity index (χ1n) is 5.59. The number of aromatic nitrogens is 2. The van der Waals surface area contributed by atoms with Crippen LogP contribution in [-0.2, 0) is 13.6 Å². The van der Waals surface area contributed by atoms with Crippen LogP contribution in [0.3, 0.4) is 0 Å². The van der Waals surface area contributed by atoms with Crippen LogP contribution >= 0.6 is 27.3 Å². The summed E-state index contributed by atoms with van der Waals surface area (Å²) in [5.74, 6) is 0.979. The molecule has 2 heterocycles. The Morgan fingerprint density at radius 2 is 2.28 bits per heavy atom. The van der Waals surface area contributed by atoms with Gasteiger partial charge in [-0.25, -0.2) is 4.98 Å². The molecule has 1 aromatic carbocycles.